The van der Waals surface area contributed by atoms with Crippen LogP contribution in [0.5, 0.6) is 0 Å². The number of hydrogen-bond acceptors (Lipinski definition) is 6. The summed E-state index contributed by atoms with van der Waals surface area (Å²) in [6, 6.07) is 45.8. The number of amides is 2. The van der Waals surface area contributed by atoms with Crippen molar-refractivity contribution in [1.82, 2.24) is 16.0 Å². The fourth-order valence-corrected chi connectivity index (χ4v) is 6.41. The summed E-state index contributed by atoms with van der Waals surface area (Å²) < 4.78 is 0. The van der Waals surface area contributed by atoms with Gasteiger partial charge in [0.15, 0.2) is 17.7 Å². The summed E-state index contributed by atoms with van der Waals surface area (Å²) in [6.07, 6.45) is -1.33. The largest absolute Gasteiger partial charge is 0.377 e. The first kappa shape index (κ1) is 37.6. The number of aliphatic hydroxyl groups excluding tert-OH is 1. The molecule has 5 aromatic rings. The molecule has 0 saturated carbocycles. The van der Waals surface area contributed by atoms with Crippen LogP contribution in [0.4, 0.5) is 0 Å². The second-order valence-electron chi connectivity index (χ2n) is 13.2. The van der Waals surface area contributed by atoms with E-state index in [1.807, 2.05) is 135 Å². The molecule has 2 amide bonds. The Morgan fingerprint density at radius 2 is 1.04 bits per heavy atom. The van der Waals surface area contributed by atoms with Crippen molar-refractivity contribution in [2.75, 3.05) is 6.54 Å². The number of benzene rings is 5. The van der Waals surface area contributed by atoms with Gasteiger partial charge in [-0.3, -0.25) is 24.5 Å². The number of carbonyl (C=O) groups excluding carboxylic acids is 4. The topological polar surface area (TPSA) is 125 Å². The number of Topliss-reactive ketones (excluding diaryl/α,β-unsaturated/α-hetero) is 2. The maximum Gasteiger partial charge on any atom is 0.242 e. The highest BCUT2D eigenvalue weighted by Gasteiger charge is 2.40. The van der Waals surface area contributed by atoms with Crippen molar-refractivity contribution in [2.45, 2.75) is 50.4 Å². The smallest absolute Gasteiger partial charge is 0.242 e. The zero-order valence-electron chi connectivity index (χ0n) is 29.4. The molecule has 0 fully saturated rings. The molecule has 0 aliphatic heterocycles. The first-order valence-electron chi connectivity index (χ1n) is 17.6. The second-order valence-corrected chi connectivity index (χ2v) is 13.2. The van der Waals surface area contributed by atoms with Crippen LogP contribution in [0.15, 0.2) is 152 Å². The van der Waals surface area contributed by atoms with Crippen LogP contribution in [0.3, 0.4) is 0 Å². The van der Waals surface area contributed by atoms with Crippen molar-refractivity contribution in [1.29, 1.82) is 0 Å². The van der Waals surface area contributed by atoms with Gasteiger partial charge in [0.1, 0.15) is 6.04 Å². The Hall–Kier alpha value is -5.70. The maximum absolute atomic E-state index is 14.6. The van der Waals surface area contributed by atoms with Crippen molar-refractivity contribution in [3.05, 3.63) is 179 Å². The van der Waals surface area contributed by atoms with E-state index in [9.17, 15) is 24.3 Å². The highest BCUT2D eigenvalue weighted by atomic mass is 16.3. The van der Waals surface area contributed by atoms with Gasteiger partial charge < -0.3 is 15.7 Å². The van der Waals surface area contributed by atoms with E-state index < -0.39 is 53.7 Å². The van der Waals surface area contributed by atoms with Crippen LogP contribution < -0.4 is 16.0 Å². The summed E-state index contributed by atoms with van der Waals surface area (Å²) >= 11 is 0. The summed E-state index contributed by atoms with van der Waals surface area (Å²) in [7, 11) is 0. The third-order valence-corrected chi connectivity index (χ3v) is 9.00. The molecule has 4 N–H and O–H groups in total. The van der Waals surface area contributed by atoms with Gasteiger partial charge in [-0.2, -0.15) is 0 Å². The molecule has 0 radical (unpaired) electrons. The van der Waals surface area contributed by atoms with E-state index in [0.29, 0.717) is 6.42 Å². The molecule has 1 unspecified atom stereocenters. The average molecular weight is 696 g/mol. The Morgan fingerprint density at radius 3 is 1.50 bits per heavy atom. The summed E-state index contributed by atoms with van der Waals surface area (Å²) in [6.45, 7) is 3.30. The third kappa shape index (κ3) is 9.34. The molecule has 0 spiro atoms. The molecule has 266 valence electrons. The molecule has 0 aliphatic carbocycles. The van der Waals surface area contributed by atoms with Crippen LogP contribution in [-0.4, -0.2) is 53.2 Å². The Kier molecular flexibility index (Phi) is 13.0. The molecule has 0 saturated heterocycles. The van der Waals surface area contributed by atoms with Crippen molar-refractivity contribution in [3.63, 3.8) is 0 Å². The van der Waals surface area contributed by atoms with E-state index in [-0.39, 0.29) is 17.9 Å². The number of aliphatic hydroxyl groups is 1. The van der Waals surface area contributed by atoms with Gasteiger partial charge in [0.2, 0.25) is 11.8 Å². The molecular weight excluding hydrogens is 651 g/mol. The van der Waals surface area contributed by atoms with Crippen LogP contribution in [0.1, 0.15) is 52.9 Å². The number of ketones is 2. The van der Waals surface area contributed by atoms with Crippen molar-refractivity contribution < 1.29 is 24.3 Å². The normalized spacial score (nSPS) is 13.1. The molecule has 5 rings (SSSR count). The summed E-state index contributed by atoms with van der Waals surface area (Å²) in [5.41, 5.74) is 2.93. The SMILES string of the molecule is CC(C)C[C@H](NC(=O)[C@H](Cc1ccccc1)NC(c1ccccc1)(c1ccccc1)c1ccccc1)C(=O)NCC(=O)C(O)C(=O)c1ccccc1. The van der Waals surface area contributed by atoms with Crippen LogP contribution in [-0.2, 0) is 26.3 Å². The molecule has 0 aliphatic rings. The number of carbonyl (C=O) groups is 4. The van der Waals surface area contributed by atoms with E-state index in [0.717, 1.165) is 22.3 Å². The second kappa shape index (κ2) is 18.0. The minimum atomic E-state index is -1.93. The highest BCUT2D eigenvalue weighted by Crippen LogP contribution is 2.37. The molecule has 52 heavy (non-hydrogen) atoms. The van der Waals surface area contributed by atoms with E-state index in [1.54, 1.807) is 18.2 Å². The van der Waals surface area contributed by atoms with Crippen LogP contribution in [0, 0.1) is 5.92 Å². The quantitative estimate of drug-likeness (QED) is 0.0568. The van der Waals surface area contributed by atoms with Gasteiger partial charge in [-0.1, -0.05) is 166 Å². The maximum atomic E-state index is 14.6. The van der Waals surface area contributed by atoms with Crippen molar-refractivity contribution in [3.8, 4) is 0 Å². The standard InChI is InChI=1S/C44H45N3O5/c1-31(2)28-37(42(51)45-30-39(48)41(50)40(49)33-20-10-4-11-21-33)46-43(52)38(29-32-18-8-3-9-19-32)47-44(34-22-12-5-13-23-34,35-24-14-6-15-25-35)36-26-16-7-17-27-36/h3-27,31,37-38,41,47,50H,28-30H2,1-2H3,(H,45,51)(H,46,52)/t37-,38-,41?/m0/s1. The lowest BCUT2D eigenvalue weighted by atomic mass is 9.76. The summed E-state index contributed by atoms with van der Waals surface area (Å²) in [5.74, 6) is -2.58. The average Bonchev–Trinajstić information content (AvgIpc) is 3.19. The molecule has 0 aromatic heterocycles. The highest BCUT2D eigenvalue weighted by molar-refractivity contribution is 6.14. The third-order valence-electron chi connectivity index (χ3n) is 9.00. The number of nitrogens with one attached hydrogen (secondary N) is 3. The predicted octanol–water partition coefficient (Wildman–Crippen LogP) is 5.64. The Morgan fingerprint density at radius 1 is 0.596 bits per heavy atom. The minimum absolute atomic E-state index is 0.00887. The Labute approximate surface area is 305 Å². The van der Waals surface area contributed by atoms with Gasteiger partial charge >= 0.3 is 0 Å². The van der Waals surface area contributed by atoms with Crippen molar-refractivity contribution in [2.24, 2.45) is 5.92 Å². The molecule has 0 heterocycles. The summed E-state index contributed by atoms with van der Waals surface area (Å²) in [4.78, 5) is 53.7. The van der Waals surface area contributed by atoms with E-state index in [2.05, 4.69) is 16.0 Å². The molecular formula is C44H45N3O5. The molecule has 0 bridgehead atoms. The van der Waals surface area contributed by atoms with Crippen LogP contribution >= 0.6 is 0 Å². The first-order valence-corrected chi connectivity index (χ1v) is 17.6. The lowest BCUT2D eigenvalue weighted by molar-refractivity contribution is -0.132. The predicted molar refractivity (Wildman–Crippen MR) is 202 cm³/mol. The fourth-order valence-electron chi connectivity index (χ4n) is 6.41. The zero-order valence-corrected chi connectivity index (χ0v) is 29.4. The van der Waals surface area contributed by atoms with E-state index in [4.69, 9.17) is 0 Å². The fraction of sp³-hybridized carbons (Fsp3) is 0.227. The van der Waals surface area contributed by atoms with Crippen LogP contribution in [0.2, 0.25) is 0 Å². The monoisotopic (exact) mass is 695 g/mol. The van der Waals surface area contributed by atoms with Gasteiger partial charge in [0.25, 0.3) is 0 Å². The van der Waals surface area contributed by atoms with Gasteiger partial charge in [-0.05, 0) is 41.0 Å². The number of rotatable bonds is 17. The molecule has 8 nitrogen and oxygen atoms in total. The molecule has 3 atom stereocenters. The Balaban J connectivity index is 1.46. The minimum Gasteiger partial charge on any atom is -0.377 e. The molecule has 5 aromatic carbocycles. The van der Waals surface area contributed by atoms with E-state index >= 15 is 0 Å². The van der Waals surface area contributed by atoms with Gasteiger partial charge in [0, 0.05) is 5.56 Å². The van der Waals surface area contributed by atoms with Gasteiger partial charge in [-0.15, -0.1) is 0 Å². The Bertz CT molecular complexity index is 1810. The molecule has 8 heteroatoms. The lowest BCUT2D eigenvalue weighted by Crippen LogP contribution is -2.59. The summed E-state index contributed by atoms with van der Waals surface area (Å²) in [5, 5.41) is 19.8. The number of hydrogen-bond donors (Lipinski definition) is 4. The first-order chi connectivity index (χ1) is 25.2. The van der Waals surface area contributed by atoms with Gasteiger partial charge in [0.05, 0.1) is 18.1 Å². The van der Waals surface area contributed by atoms with E-state index in [1.165, 1.54) is 12.1 Å². The van der Waals surface area contributed by atoms with Gasteiger partial charge in [-0.25, -0.2) is 0 Å². The zero-order chi connectivity index (χ0) is 36.9. The lowest BCUT2D eigenvalue weighted by Gasteiger charge is -2.40. The van der Waals surface area contributed by atoms with Crippen LogP contribution in [0.25, 0.3) is 0 Å². The van der Waals surface area contributed by atoms with Crippen molar-refractivity contribution >= 4 is 23.4 Å².